The summed E-state index contributed by atoms with van der Waals surface area (Å²) in [5.74, 6) is 0.901. The minimum absolute atomic E-state index is 0.173. The smallest absolute Gasteiger partial charge is 0.537 e. The molecular weight excluding hydrogens is 336 g/mol. The van der Waals surface area contributed by atoms with Crippen LogP contribution in [0.3, 0.4) is 0 Å². The second kappa shape index (κ2) is 8.62. The Labute approximate surface area is 150 Å². The zero-order valence-corrected chi connectivity index (χ0v) is 18.6. The monoisotopic (exact) mass is 370 g/mol. The third-order valence-corrected chi connectivity index (χ3v) is 11.8. The van der Waals surface area contributed by atoms with Gasteiger partial charge >= 0.3 is 8.80 Å². The quantitative estimate of drug-likeness (QED) is 0.606. The van der Waals surface area contributed by atoms with Gasteiger partial charge < -0.3 is 17.7 Å². The molecule has 0 amide bonds. The van der Waals surface area contributed by atoms with E-state index in [1.807, 2.05) is 45.0 Å². The molecular formula is C18H34O4Si2. The van der Waals surface area contributed by atoms with E-state index in [1.54, 1.807) is 0 Å². The molecule has 1 aromatic rings. The molecule has 138 valence electrons. The van der Waals surface area contributed by atoms with E-state index >= 15 is 0 Å². The van der Waals surface area contributed by atoms with E-state index in [0.717, 1.165) is 10.9 Å². The van der Waals surface area contributed by atoms with Crippen LogP contribution in [0.2, 0.25) is 18.1 Å². The van der Waals surface area contributed by atoms with Crippen molar-refractivity contribution in [2.45, 2.75) is 59.7 Å². The van der Waals surface area contributed by atoms with Gasteiger partial charge in [-0.1, -0.05) is 32.9 Å². The maximum absolute atomic E-state index is 6.35. The molecule has 0 fully saturated rings. The average molecular weight is 371 g/mol. The van der Waals surface area contributed by atoms with Crippen LogP contribution >= 0.6 is 0 Å². The Balaban J connectivity index is 3.06. The average Bonchev–Trinajstić information content (AvgIpc) is 2.47. The third-order valence-electron chi connectivity index (χ3n) is 4.39. The maximum Gasteiger partial charge on any atom is 0.537 e. The second-order valence-electron chi connectivity index (χ2n) is 7.24. The van der Waals surface area contributed by atoms with Crippen molar-refractivity contribution >= 4 is 22.3 Å². The zero-order valence-electron chi connectivity index (χ0n) is 16.6. The van der Waals surface area contributed by atoms with Crippen LogP contribution in [-0.2, 0) is 13.3 Å². The summed E-state index contributed by atoms with van der Waals surface area (Å²) in [6.07, 6.45) is 0. The SMILES string of the molecule is CCO[Si](OCC)(OCC)c1ccc(O[Si](C)(C)C(C)(C)C)cc1. The van der Waals surface area contributed by atoms with E-state index in [9.17, 15) is 0 Å². The highest BCUT2D eigenvalue weighted by Gasteiger charge is 2.43. The lowest BCUT2D eigenvalue weighted by atomic mass is 10.2. The Morgan fingerprint density at radius 2 is 1.21 bits per heavy atom. The molecule has 0 aromatic heterocycles. The van der Waals surface area contributed by atoms with Gasteiger partial charge in [0.15, 0.2) is 0 Å². The number of benzene rings is 1. The number of rotatable bonds is 9. The molecule has 24 heavy (non-hydrogen) atoms. The first-order valence-corrected chi connectivity index (χ1v) is 13.5. The van der Waals surface area contributed by atoms with E-state index < -0.39 is 17.1 Å². The molecule has 0 spiro atoms. The van der Waals surface area contributed by atoms with Gasteiger partial charge in [-0.15, -0.1) is 0 Å². The molecule has 6 heteroatoms. The molecule has 0 unspecified atom stereocenters. The Bertz CT molecular complexity index is 478. The van der Waals surface area contributed by atoms with Crippen molar-refractivity contribution in [2.75, 3.05) is 19.8 Å². The molecule has 1 aromatic carbocycles. The largest absolute Gasteiger partial charge is 0.544 e. The molecule has 0 saturated carbocycles. The highest BCUT2D eigenvalue weighted by molar-refractivity contribution is 6.75. The molecule has 4 nitrogen and oxygen atoms in total. The van der Waals surface area contributed by atoms with Crippen LogP contribution in [0.1, 0.15) is 41.5 Å². The summed E-state index contributed by atoms with van der Waals surface area (Å²) in [6, 6.07) is 8.06. The summed E-state index contributed by atoms with van der Waals surface area (Å²) >= 11 is 0. The molecule has 0 heterocycles. The lowest BCUT2D eigenvalue weighted by Gasteiger charge is -2.36. The van der Waals surface area contributed by atoms with E-state index in [2.05, 4.69) is 33.9 Å². The molecule has 0 saturated heterocycles. The highest BCUT2D eigenvalue weighted by Crippen LogP contribution is 2.37. The Hall–Kier alpha value is -0.666. The predicted octanol–water partition coefficient (Wildman–Crippen LogP) is 4.33. The van der Waals surface area contributed by atoms with Crippen molar-refractivity contribution in [1.82, 2.24) is 0 Å². The summed E-state index contributed by atoms with van der Waals surface area (Å²) < 4.78 is 24.2. The molecule has 0 aliphatic carbocycles. The molecule has 0 N–H and O–H groups in total. The van der Waals surface area contributed by atoms with Crippen LogP contribution in [0.25, 0.3) is 0 Å². The molecule has 0 radical (unpaired) electrons. The Morgan fingerprint density at radius 3 is 1.54 bits per heavy atom. The van der Waals surface area contributed by atoms with Crippen LogP contribution in [0, 0.1) is 0 Å². The van der Waals surface area contributed by atoms with Crippen LogP contribution in [0.4, 0.5) is 0 Å². The Kier molecular flexibility index (Phi) is 7.68. The highest BCUT2D eigenvalue weighted by atomic mass is 28.4. The number of hydrogen-bond acceptors (Lipinski definition) is 4. The molecule has 0 bridgehead atoms. The topological polar surface area (TPSA) is 36.9 Å². The summed E-state index contributed by atoms with van der Waals surface area (Å²) in [5.41, 5.74) is 0. The van der Waals surface area contributed by atoms with E-state index in [1.165, 1.54) is 0 Å². The van der Waals surface area contributed by atoms with Crippen LogP contribution in [0.15, 0.2) is 24.3 Å². The molecule has 1 rings (SSSR count). The minimum atomic E-state index is -2.83. The van der Waals surface area contributed by atoms with Gasteiger partial charge in [-0.3, -0.25) is 0 Å². The third kappa shape index (κ3) is 5.16. The fourth-order valence-electron chi connectivity index (χ4n) is 2.12. The zero-order chi connectivity index (χ0) is 18.4. The molecule has 0 aliphatic heterocycles. The van der Waals surface area contributed by atoms with Crippen molar-refractivity contribution < 1.29 is 17.7 Å². The lowest BCUT2D eigenvalue weighted by molar-refractivity contribution is 0.0859. The fourth-order valence-corrected chi connectivity index (χ4v) is 5.62. The van der Waals surface area contributed by atoms with Crippen LogP contribution < -0.4 is 9.61 Å². The van der Waals surface area contributed by atoms with E-state index in [4.69, 9.17) is 17.7 Å². The summed E-state index contributed by atoms with van der Waals surface area (Å²) in [4.78, 5) is 0. The number of hydrogen-bond donors (Lipinski definition) is 0. The fraction of sp³-hybridized carbons (Fsp3) is 0.667. The molecule has 0 atom stereocenters. The second-order valence-corrected chi connectivity index (χ2v) is 14.5. The first kappa shape index (κ1) is 21.4. The van der Waals surface area contributed by atoms with Gasteiger partial charge in [-0.2, -0.15) is 0 Å². The standard InChI is InChI=1S/C18H34O4Si2/c1-9-19-24(20-10-2,21-11-3)17-14-12-16(13-15-17)22-23(7,8)18(4,5)6/h12-15H,9-11H2,1-8H3. The van der Waals surface area contributed by atoms with Gasteiger partial charge in [0.1, 0.15) is 5.75 Å². The first-order chi connectivity index (χ1) is 11.1. The maximum atomic E-state index is 6.35. The van der Waals surface area contributed by atoms with E-state index in [-0.39, 0.29) is 5.04 Å². The molecule has 0 aliphatic rings. The van der Waals surface area contributed by atoms with Gasteiger partial charge in [-0.25, -0.2) is 0 Å². The van der Waals surface area contributed by atoms with Gasteiger partial charge in [0.25, 0.3) is 0 Å². The van der Waals surface area contributed by atoms with Crippen molar-refractivity contribution in [2.24, 2.45) is 0 Å². The van der Waals surface area contributed by atoms with Crippen molar-refractivity contribution in [1.29, 1.82) is 0 Å². The predicted molar refractivity (Wildman–Crippen MR) is 105 cm³/mol. The summed E-state index contributed by atoms with van der Waals surface area (Å²) in [6.45, 7) is 18.8. The van der Waals surface area contributed by atoms with Crippen molar-refractivity contribution in [3.05, 3.63) is 24.3 Å². The lowest BCUT2D eigenvalue weighted by Crippen LogP contribution is -2.56. The van der Waals surface area contributed by atoms with Crippen molar-refractivity contribution in [3.63, 3.8) is 0 Å². The summed E-state index contributed by atoms with van der Waals surface area (Å²) in [7, 11) is -4.67. The summed E-state index contributed by atoms with van der Waals surface area (Å²) in [5, 5.41) is 1.15. The van der Waals surface area contributed by atoms with Gasteiger partial charge in [-0.05, 0) is 51.0 Å². The first-order valence-electron chi connectivity index (χ1n) is 8.83. The normalized spacial score (nSPS) is 13.2. The van der Waals surface area contributed by atoms with Crippen LogP contribution in [0.5, 0.6) is 5.75 Å². The Morgan fingerprint density at radius 1 is 0.792 bits per heavy atom. The van der Waals surface area contributed by atoms with Gasteiger partial charge in [0.05, 0.1) is 0 Å². The van der Waals surface area contributed by atoms with Gasteiger partial charge in [0, 0.05) is 25.0 Å². The van der Waals surface area contributed by atoms with Crippen LogP contribution in [-0.4, -0.2) is 36.9 Å². The van der Waals surface area contributed by atoms with E-state index in [0.29, 0.717) is 19.8 Å². The minimum Gasteiger partial charge on any atom is -0.544 e. The van der Waals surface area contributed by atoms with Gasteiger partial charge in [0.2, 0.25) is 8.32 Å². The van der Waals surface area contributed by atoms with Crippen molar-refractivity contribution in [3.8, 4) is 5.75 Å².